The van der Waals surface area contributed by atoms with Gasteiger partial charge in [-0.2, -0.15) is 5.10 Å². The molecule has 2 heterocycles. The number of benzene rings is 1. The normalized spacial score (nSPS) is 17.4. The van der Waals surface area contributed by atoms with Crippen molar-refractivity contribution in [3.05, 3.63) is 51.6 Å². The van der Waals surface area contributed by atoms with Gasteiger partial charge in [0.25, 0.3) is 0 Å². The number of fused-ring (bicyclic) bond motifs is 3. The Bertz CT molecular complexity index is 1050. The number of aromatic nitrogens is 2. The van der Waals surface area contributed by atoms with E-state index < -0.39 is 0 Å². The van der Waals surface area contributed by atoms with Gasteiger partial charge in [-0.05, 0) is 60.8 Å². The minimum Gasteiger partial charge on any atom is -0.260 e. The van der Waals surface area contributed by atoms with Crippen LogP contribution in [0.3, 0.4) is 0 Å². The van der Waals surface area contributed by atoms with E-state index in [9.17, 15) is 0 Å². The van der Waals surface area contributed by atoms with Crippen LogP contribution in [0.2, 0.25) is 5.02 Å². The molecule has 0 saturated heterocycles. The van der Waals surface area contributed by atoms with Crippen LogP contribution in [0.5, 0.6) is 0 Å². The first kappa shape index (κ1) is 20.3. The predicted octanol–water partition coefficient (Wildman–Crippen LogP) is 6.72. The number of rotatable bonds is 5. The molecule has 2 aromatic heterocycles. The summed E-state index contributed by atoms with van der Waals surface area (Å²) in [4.78, 5) is 11.6. The molecule has 0 amide bonds. The van der Waals surface area contributed by atoms with Crippen LogP contribution in [0.15, 0.2) is 35.7 Å². The molecule has 0 aliphatic heterocycles. The maximum absolute atomic E-state index is 5.99. The molecule has 29 heavy (non-hydrogen) atoms. The highest BCUT2D eigenvalue weighted by atomic mass is 35.5. The number of hydrogen-bond donors (Lipinski definition) is 1. The zero-order valence-electron chi connectivity index (χ0n) is 17.4. The Morgan fingerprint density at radius 1 is 1.28 bits per heavy atom. The number of hydrazone groups is 1. The van der Waals surface area contributed by atoms with Gasteiger partial charge in [0.1, 0.15) is 11.2 Å². The van der Waals surface area contributed by atoms with Gasteiger partial charge in [0.05, 0.1) is 11.1 Å². The second-order valence-corrected chi connectivity index (χ2v) is 10.0. The molecule has 1 aromatic carbocycles. The van der Waals surface area contributed by atoms with Crippen LogP contribution in [0.4, 0.5) is 5.82 Å². The van der Waals surface area contributed by atoms with E-state index in [2.05, 4.69) is 41.3 Å². The molecule has 1 aliphatic carbocycles. The molecule has 0 unspecified atom stereocenters. The van der Waals surface area contributed by atoms with E-state index in [0.29, 0.717) is 11.3 Å². The summed E-state index contributed by atoms with van der Waals surface area (Å²) in [6.07, 6.45) is 6.31. The number of anilines is 1. The summed E-state index contributed by atoms with van der Waals surface area (Å²) in [5.41, 5.74) is 6.91. The molecule has 4 rings (SSSR count). The summed E-state index contributed by atoms with van der Waals surface area (Å²) in [5, 5.41) is 6.47. The third kappa shape index (κ3) is 4.03. The number of halogens is 1. The summed E-state index contributed by atoms with van der Waals surface area (Å²) in [5.74, 6) is 1.49. The van der Waals surface area contributed by atoms with Gasteiger partial charge in [-0.3, -0.25) is 5.43 Å². The van der Waals surface area contributed by atoms with Gasteiger partial charge in [-0.25, -0.2) is 9.97 Å². The van der Waals surface area contributed by atoms with E-state index >= 15 is 0 Å². The molecule has 4 nitrogen and oxygen atoms in total. The Morgan fingerprint density at radius 2 is 2.03 bits per heavy atom. The van der Waals surface area contributed by atoms with E-state index in [4.69, 9.17) is 11.6 Å². The first-order valence-corrected chi connectivity index (χ1v) is 11.4. The smallest absolute Gasteiger partial charge is 0.158 e. The lowest BCUT2D eigenvalue weighted by molar-refractivity contribution is 0.184. The van der Waals surface area contributed by atoms with Crippen molar-refractivity contribution in [2.45, 2.75) is 53.4 Å². The maximum atomic E-state index is 5.99. The lowest BCUT2D eigenvalue weighted by Crippen LogP contribution is -2.28. The first-order chi connectivity index (χ1) is 13.9. The van der Waals surface area contributed by atoms with Crippen molar-refractivity contribution < 1.29 is 0 Å². The minimum absolute atomic E-state index is 0.346. The van der Waals surface area contributed by atoms with Crippen LogP contribution >= 0.6 is 22.9 Å². The Hall–Kier alpha value is -1.98. The Labute approximate surface area is 181 Å². The summed E-state index contributed by atoms with van der Waals surface area (Å²) in [6.45, 7) is 9.07. The number of thiophene rings is 1. The molecule has 6 heteroatoms. The molecular weight excluding hydrogens is 400 g/mol. The van der Waals surface area contributed by atoms with Crippen molar-refractivity contribution in [3.8, 4) is 0 Å². The largest absolute Gasteiger partial charge is 0.260 e. The van der Waals surface area contributed by atoms with E-state index in [1.807, 2.05) is 42.5 Å². The fourth-order valence-electron chi connectivity index (χ4n) is 4.04. The van der Waals surface area contributed by atoms with Crippen LogP contribution in [0.1, 0.15) is 56.5 Å². The van der Waals surface area contributed by atoms with Gasteiger partial charge in [-0.15, -0.1) is 11.3 Å². The van der Waals surface area contributed by atoms with Crippen LogP contribution < -0.4 is 5.43 Å². The number of aryl methyl sites for hydroxylation is 1. The van der Waals surface area contributed by atoms with Crippen molar-refractivity contribution >= 4 is 44.7 Å². The lowest BCUT2D eigenvalue weighted by atomic mass is 9.69. The van der Waals surface area contributed by atoms with Gasteiger partial charge >= 0.3 is 0 Å². The van der Waals surface area contributed by atoms with Crippen LogP contribution in [0, 0.1) is 11.3 Å². The number of nitrogens with one attached hydrogen (secondary N) is 1. The second kappa shape index (κ2) is 8.04. The Morgan fingerprint density at radius 3 is 2.76 bits per heavy atom. The molecule has 0 bridgehead atoms. The SMILES string of the molecule is CCC(C)(C)[C@H]1CCc2sc3ncnc(N/N=C(/C)c4ccc(Cl)cc4)c3c2C1. The van der Waals surface area contributed by atoms with E-state index in [0.717, 1.165) is 45.2 Å². The second-order valence-electron chi connectivity index (χ2n) is 8.50. The third-order valence-corrected chi connectivity index (χ3v) is 7.90. The van der Waals surface area contributed by atoms with Crippen LogP contribution in [-0.4, -0.2) is 15.7 Å². The monoisotopic (exact) mass is 426 g/mol. The summed E-state index contributed by atoms with van der Waals surface area (Å²) < 4.78 is 0. The quantitative estimate of drug-likeness (QED) is 0.363. The maximum Gasteiger partial charge on any atom is 0.158 e. The molecule has 3 aromatic rings. The highest BCUT2D eigenvalue weighted by Gasteiger charge is 2.33. The van der Waals surface area contributed by atoms with Gasteiger partial charge in [0, 0.05) is 9.90 Å². The Balaban J connectivity index is 1.67. The zero-order chi connectivity index (χ0) is 20.6. The van der Waals surface area contributed by atoms with Crippen LogP contribution in [-0.2, 0) is 12.8 Å². The van der Waals surface area contributed by atoms with Gasteiger partial charge in [0.15, 0.2) is 5.82 Å². The topological polar surface area (TPSA) is 50.2 Å². The molecule has 0 saturated carbocycles. The van der Waals surface area contributed by atoms with Crippen LogP contribution in [0.25, 0.3) is 10.2 Å². The highest BCUT2D eigenvalue weighted by Crippen LogP contribution is 2.45. The summed E-state index contributed by atoms with van der Waals surface area (Å²) in [6, 6.07) is 7.71. The molecule has 0 fully saturated rings. The van der Waals surface area contributed by atoms with Crippen molar-refractivity contribution in [2.75, 3.05) is 5.43 Å². The van der Waals surface area contributed by atoms with Crippen molar-refractivity contribution in [1.82, 2.24) is 9.97 Å². The minimum atomic E-state index is 0.346. The van der Waals surface area contributed by atoms with Crippen molar-refractivity contribution in [2.24, 2.45) is 16.4 Å². The fourth-order valence-corrected chi connectivity index (χ4v) is 5.35. The molecular formula is C23H27ClN4S. The number of nitrogens with zero attached hydrogens (tertiary/aromatic N) is 3. The van der Waals surface area contributed by atoms with Crippen molar-refractivity contribution in [3.63, 3.8) is 0 Å². The molecule has 152 valence electrons. The van der Waals surface area contributed by atoms with E-state index in [1.165, 1.54) is 23.3 Å². The summed E-state index contributed by atoms with van der Waals surface area (Å²) in [7, 11) is 0. The lowest BCUT2D eigenvalue weighted by Gasteiger charge is -2.36. The first-order valence-electron chi connectivity index (χ1n) is 10.2. The average Bonchev–Trinajstić information content (AvgIpc) is 3.11. The standard InChI is InChI=1S/C23H27ClN4S/c1-5-23(3,4)16-8-11-19-18(12-16)20-21(25-13-26-22(20)29-19)28-27-14(2)15-6-9-17(24)10-7-15/h6-7,9-10,13,16H,5,8,11-12H2,1-4H3,(H,25,26,28)/b27-14-/t16-/m0/s1. The molecule has 0 spiro atoms. The van der Waals surface area contributed by atoms with E-state index in [-0.39, 0.29) is 0 Å². The van der Waals surface area contributed by atoms with Gasteiger partial charge in [0.2, 0.25) is 0 Å². The van der Waals surface area contributed by atoms with E-state index in [1.54, 1.807) is 6.33 Å². The van der Waals surface area contributed by atoms with Gasteiger partial charge < -0.3 is 0 Å². The predicted molar refractivity (Wildman–Crippen MR) is 124 cm³/mol. The Kier molecular flexibility index (Phi) is 5.63. The third-order valence-electron chi connectivity index (χ3n) is 6.45. The van der Waals surface area contributed by atoms with Crippen molar-refractivity contribution in [1.29, 1.82) is 0 Å². The summed E-state index contributed by atoms with van der Waals surface area (Å²) >= 11 is 7.80. The number of hydrogen-bond acceptors (Lipinski definition) is 5. The molecule has 1 atom stereocenters. The fraction of sp³-hybridized carbons (Fsp3) is 0.435. The zero-order valence-corrected chi connectivity index (χ0v) is 19.0. The van der Waals surface area contributed by atoms with Gasteiger partial charge in [-0.1, -0.05) is 50.9 Å². The average molecular weight is 427 g/mol. The molecule has 1 aliphatic rings. The molecule has 0 radical (unpaired) electrons. The molecule has 1 N–H and O–H groups in total. The highest BCUT2D eigenvalue weighted by molar-refractivity contribution is 7.19.